The molecule has 3 heteroatoms. The van der Waals surface area contributed by atoms with Gasteiger partial charge in [0.2, 0.25) is 0 Å². The van der Waals surface area contributed by atoms with E-state index in [0.29, 0.717) is 12.0 Å². The number of unbranched alkanes of at least 4 members (excludes halogenated alkanes) is 5. The number of halogens is 2. The van der Waals surface area contributed by atoms with Crippen molar-refractivity contribution < 1.29 is 13.6 Å². The van der Waals surface area contributed by atoms with Crippen LogP contribution < -0.4 is 0 Å². The summed E-state index contributed by atoms with van der Waals surface area (Å²) >= 11 is 0. The highest BCUT2D eigenvalue weighted by atomic mass is 19.1. The van der Waals surface area contributed by atoms with Gasteiger partial charge in [0.15, 0.2) is 5.78 Å². The highest BCUT2D eigenvalue weighted by Crippen LogP contribution is 2.19. The van der Waals surface area contributed by atoms with Gasteiger partial charge < -0.3 is 0 Å². The molecule has 0 amide bonds. The predicted octanol–water partition coefficient (Wildman–Crippen LogP) is 5.21. The van der Waals surface area contributed by atoms with Gasteiger partial charge in [0.1, 0.15) is 11.6 Å². The van der Waals surface area contributed by atoms with Crippen LogP contribution in [0.25, 0.3) is 0 Å². The summed E-state index contributed by atoms with van der Waals surface area (Å²) in [5.41, 5.74) is -0.0544. The summed E-state index contributed by atoms with van der Waals surface area (Å²) in [7, 11) is 0. The summed E-state index contributed by atoms with van der Waals surface area (Å²) in [5.74, 6) is -1.88. The Labute approximate surface area is 114 Å². The van der Waals surface area contributed by atoms with Crippen molar-refractivity contribution in [2.75, 3.05) is 0 Å². The second-order valence-electron chi connectivity index (χ2n) is 4.99. The van der Waals surface area contributed by atoms with Crippen LogP contribution in [0.15, 0.2) is 12.1 Å². The van der Waals surface area contributed by atoms with Gasteiger partial charge in [-0.2, -0.15) is 0 Å². The van der Waals surface area contributed by atoms with Crippen LogP contribution in [0.4, 0.5) is 8.78 Å². The van der Waals surface area contributed by atoms with Gasteiger partial charge in [0.25, 0.3) is 0 Å². The van der Waals surface area contributed by atoms with E-state index in [1.165, 1.54) is 25.8 Å². The fourth-order valence-electron chi connectivity index (χ4n) is 2.10. The minimum atomic E-state index is -0.751. The molecule has 0 aliphatic heterocycles. The minimum absolute atomic E-state index is 0.226. The van der Waals surface area contributed by atoms with Crippen LogP contribution in [0.3, 0.4) is 0 Å². The molecule has 0 spiro atoms. The van der Waals surface area contributed by atoms with Gasteiger partial charge >= 0.3 is 0 Å². The van der Waals surface area contributed by atoms with E-state index in [9.17, 15) is 13.6 Å². The van der Waals surface area contributed by atoms with Gasteiger partial charge in [-0.1, -0.05) is 45.1 Å². The Morgan fingerprint density at radius 1 is 1.05 bits per heavy atom. The zero-order valence-electron chi connectivity index (χ0n) is 11.8. The number of carbonyl (C=O) groups is 1. The Hall–Kier alpha value is -1.25. The van der Waals surface area contributed by atoms with Gasteiger partial charge in [0, 0.05) is 6.42 Å². The van der Waals surface area contributed by atoms with Crippen molar-refractivity contribution in [2.45, 2.75) is 58.8 Å². The van der Waals surface area contributed by atoms with Crippen molar-refractivity contribution >= 4 is 5.78 Å². The molecule has 0 atom stereocenters. The third kappa shape index (κ3) is 4.73. The smallest absolute Gasteiger partial charge is 0.168 e. The Bertz CT molecular complexity index is 427. The highest BCUT2D eigenvalue weighted by Gasteiger charge is 2.18. The van der Waals surface area contributed by atoms with Crippen molar-refractivity contribution in [1.29, 1.82) is 0 Å². The highest BCUT2D eigenvalue weighted by molar-refractivity contribution is 5.96. The Kier molecular flexibility index (Phi) is 6.68. The molecule has 0 aliphatic rings. The lowest BCUT2D eigenvalue weighted by Crippen LogP contribution is -2.07. The molecule has 0 aliphatic carbocycles. The number of aryl methyl sites for hydroxylation is 1. The van der Waals surface area contributed by atoms with E-state index >= 15 is 0 Å². The van der Waals surface area contributed by atoms with Gasteiger partial charge in [-0.3, -0.25) is 4.79 Å². The lowest BCUT2D eigenvalue weighted by atomic mass is 10.0. The van der Waals surface area contributed by atoms with Crippen LogP contribution in [0.1, 0.15) is 67.8 Å². The molecule has 106 valence electrons. The maximum Gasteiger partial charge on any atom is 0.168 e. The van der Waals surface area contributed by atoms with Crippen LogP contribution in [-0.4, -0.2) is 5.78 Å². The average Bonchev–Trinajstić information content (AvgIpc) is 2.38. The molecule has 1 aromatic rings. The van der Waals surface area contributed by atoms with E-state index in [2.05, 4.69) is 6.92 Å². The SMILES string of the molecule is CCCCCCCCC(=O)c1c(F)ccc(C)c1F. The topological polar surface area (TPSA) is 17.1 Å². The van der Waals surface area contributed by atoms with Crippen molar-refractivity contribution in [3.63, 3.8) is 0 Å². The molecule has 0 N–H and O–H groups in total. The molecule has 0 fully saturated rings. The molecule has 1 aromatic carbocycles. The zero-order valence-corrected chi connectivity index (χ0v) is 11.8. The second-order valence-corrected chi connectivity index (χ2v) is 4.99. The van der Waals surface area contributed by atoms with Crippen molar-refractivity contribution in [3.05, 3.63) is 34.9 Å². The van der Waals surface area contributed by atoms with E-state index in [-0.39, 0.29) is 12.0 Å². The van der Waals surface area contributed by atoms with E-state index < -0.39 is 17.4 Å². The lowest BCUT2D eigenvalue weighted by molar-refractivity contribution is 0.0970. The van der Waals surface area contributed by atoms with Crippen molar-refractivity contribution in [1.82, 2.24) is 0 Å². The number of rotatable bonds is 8. The number of benzene rings is 1. The van der Waals surface area contributed by atoms with E-state index in [4.69, 9.17) is 0 Å². The maximum absolute atomic E-state index is 13.7. The lowest BCUT2D eigenvalue weighted by Gasteiger charge is -2.06. The second kappa shape index (κ2) is 8.03. The third-order valence-corrected chi connectivity index (χ3v) is 3.32. The van der Waals surface area contributed by atoms with Gasteiger partial charge in [-0.05, 0) is 25.0 Å². The number of hydrogen-bond acceptors (Lipinski definition) is 1. The fourth-order valence-corrected chi connectivity index (χ4v) is 2.10. The monoisotopic (exact) mass is 268 g/mol. The first kappa shape index (κ1) is 15.8. The van der Waals surface area contributed by atoms with E-state index in [0.717, 1.165) is 25.3 Å². The Morgan fingerprint density at radius 2 is 1.68 bits per heavy atom. The normalized spacial score (nSPS) is 10.7. The Morgan fingerprint density at radius 3 is 2.37 bits per heavy atom. The molecule has 0 saturated heterocycles. The largest absolute Gasteiger partial charge is 0.294 e. The quantitative estimate of drug-likeness (QED) is 0.467. The fraction of sp³-hybridized carbons (Fsp3) is 0.562. The van der Waals surface area contributed by atoms with Crippen LogP contribution in [0, 0.1) is 18.6 Å². The maximum atomic E-state index is 13.7. The van der Waals surface area contributed by atoms with Crippen molar-refractivity contribution in [2.24, 2.45) is 0 Å². The molecular weight excluding hydrogens is 246 g/mol. The molecule has 19 heavy (non-hydrogen) atoms. The number of carbonyl (C=O) groups excluding carboxylic acids is 1. The number of hydrogen-bond donors (Lipinski definition) is 0. The van der Waals surface area contributed by atoms with E-state index in [1.54, 1.807) is 0 Å². The summed E-state index contributed by atoms with van der Waals surface area (Å²) in [4.78, 5) is 11.8. The molecule has 0 heterocycles. The van der Waals surface area contributed by atoms with Crippen molar-refractivity contribution in [3.8, 4) is 0 Å². The third-order valence-electron chi connectivity index (χ3n) is 3.32. The summed E-state index contributed by atoms with van der Waals surface area (Å²) in [6.45, 7) is 3.68. The van der Waals surface area contributed by atoms with Gasteiger partial charge in [-0.15, -0.1) is 0 Å². The molecule has 1 nitrogen and oxygen atoms in total. The molecule has 0 radical (unpaired) electrons. The van der Waals surface area contributed by atoms with E-state index in [1.807, 2.05) is 0 Å². The summed E-state index contributed by atoms with van der Waals surface area (Å²) in [5, 5.41) is 0. The first-order chi connectivity index (χ1) is 9.07. The molecule has 0 unspecified atom stereocenters. The molecule has 0 aromatic heterocycles. The predicted molar refractivity (Wildman–Crippen MR) is 73.4 cm³/mol. The summed E-state index contributed by atoms with van der Waals surface area (Å²) in [6.07, 6.45) is 6.51. The summed E-state index contributed by atoms with van der Waals surface area (Å²) < 4.78 is 27.2. The average molecular weight is 268 g/mol. The zero-order chi connectivity index (χ0) is 14.3. The first-order valence-electron chi connectivity index (χ1n) is 7.05. The molecular formula is C16H22F2O. The number of Topliss-reactive ketones (excluding diaryl/α,β-unsaturated/α-hetero) is 1. The van der Waals surface area contributed by atoms with Crippen LogP contribution in [0.5, 0.6) is 0 Å². The van der Waals surface area contributed by atoms with Gasteiger partial charge in [-0.25, -0.2) is 8.78 Å². The molecule has 1 rings (SSSR count). The standard InChI is InChI=1S/C16H22F2O/c1-3-4-5-6-7-8-9-14(19)15-13(17)11-10-12(2)16(15)18/h10-11H,3-9H2,1-2H3. The van der Waals surface area contributed by atoms with Crippen LogP contribution in [-0.2, 0) is 0 Å². The molecule has 0 bridgehead atoms. The minimum Gasteiger partial charge on any atom is -0.294 e. The first-order valence-corrected chi connectivity index (χ1v) is 7.05. The van der Waals surface area contributed by atoms with Crippen LogP contribution >= 0.6 is 0 Å². The number of ketones is 1. The van der Waals surface area contributed by atoms with Gasteiger partial charge in [0.05, 0.1) is 5.56 Å². The van der Waals surface area contributed by atoms with Crippen LogP contribution in [0.2, 0.25) is 0 Å². The molecule has 0 saturated carbocycles. The Balaban J connectivity index is 2.48. The summed E-state index contributed by atoms with van der Waals surface area (Å²) in [6, 6.07) is 2.51.